The van der Waals surface area contributed by atoms with Gasteiger partial charge in [0.25, 0.3) is 0 Å². The van der Waals surface area contributed by atoms with Crippen LogP contribution in [0.25, 0.3) is 0 Å². The van der Waals surface area contributed by atoms with E-state index in [1.165, 1.54) is 57.8 Å². The van der Waals surface area contributed by atoms with E-state index in [1.54, 1.807) is 0 Å². The molecule has 49 heavy (non-hydrogen) atoms. The Kier molecular flexibility index (Phi) is 36.1. The first-order valence-electron chi connectivity index (χ1n) is 20.3. The maximum Gasteiger partial charge on any atom is 0.322 e. The first-order valence-corrected chi connectivity index (χ1v) is 20.3. The molecule has 2 N–H and O–H groups in total. The Bertz CT molecular complexity index is 891. The van der Waals surface area contributed by atoms with Crippen molar-refractivity contribution in [2.24, 2.45) is 0 Å². The van der Waals surface area contributed by atoms with Gasteiger partial charge in [-0.15, -0.1) is 0 Å². The van der Waals surface area contributed by atoms with Gasteiger partial charge in [-0.1, -0.05) is 152 Å². The first-order chi connectivity index (χ1) is 24.0. The largest absolute Gasteiger partial charge is 0.480 e. The summed E-state index contributed by atoms with van der Waals surface area (Å²) in [6.07, 6.45) is 48.0. The van der Waals surface area contributed by atoms with E-state index in [2.05, 4.69) is 67.8 Å². The van der Waals surface area contributed by atoms with E-state index in [9.17, 15) is 14.4 Å². The molecule has 0 aliphatic heterocycles. The van der Waals surface area contributed by atoms with Crippen LogP contribution in [0.4, 0.5) is 0 Å². The Labute approximate surface area is 301 Å². The molecule has 0 heterocycles. The van der Waals surface area contributed by atoms with E-state index in [1.807, 2.05) is 0 Å². The summed E-state index contributed by atoms with van der Waals surface area (Å²) >= 11 is 0. The highest BCUT2D eigenvalue weighted by atomic mass is 16.5. The number of hydrogen-bond donors (Lipinski definition) is 2. The van der Waals surface area contributed by atoms with Crippen LogP contribution in [0.3, 0.4) is 0 Å². The van der Waals surface area contributed by atoms with E-state index in [-0.39, 0.29) is 24.5 Å². The smallest absolute Gasteiger partial charge is 0.322 e. The molecule has 0 aromatic rings. The van der Waals surface area contributed by atoms with Gasteiger partial charge in [-0.05, 0) is 77.0 Å². The van der Waals surface area contributed by atoms with Crippen molar-refractivity contribution in [1.29, 1.82) is 0 Å². The molecule has 282 valence electrons. The molecule has 6 heteroatoms. The topological polar surface area (TPSA) is 92.7 Å². The van der Waals surface area contributed by atoms with Crippen molar-refractivity contribution in [1.82, 2.24) is 5.32 Å². The fourth-order valence-corrected chi connectivity index (χ4v) is 5.80. The molecule has 1 unspecified atom stereocenters. The molecule has 0 aliphatic rings. The SMILES string of the molecule is CC/C=C\C/C=C\C/C=C\C/C=C\CCCCCCC(=O)OC(CCCCCCCCCCCC)CCCCCCCC(=O)NCC(=O)O. The summed E-state index contributed by atoms with van der Waals surface area (Å²) < 4.78 is 6.00. The van der Waals surface area contributed by atoms with Crippen molar-refractivity contribution in [2.45, 2.75) is 200 Å². The van der Waals surface area contributed by atoms with Crippen LogP contribution < -0.4 is 5.32 Å². The molecule has 0 saturated carbocycles. The average molecular weight is 686 g/mol. The second-order valence-corrected chi connectivity index (χ2v) is 13.5. The Balaban J connectivity index is 4.19. The van der Waals surface area contributed by atoms with Gasteiger partial charge in [0.2, 0.25) is 5.91 Å². The van der Waals surface area contributed by atoms with Crippen LogP contribution in [-0.4, -0.2) is 35.6 Å². The molecule has 0 fully saturated rings. The summed E-state index contributed by atoms with van der Waals surface area (Å²) in [5.41, 5.74) is 0. The molecule has 0 saturated heterocycles. The van der Waals surface area contributed by atoms with Crippen molar-refractivity contribution in [3.8, 4) is 0 Å². The first kappa shape index (κ1) is 46.4. The normalized spacial score (nSPS) is 12.5. The van der Waals surface area contributed by atoms with Crippen LogP contribution in [-0.2, 0) is 19.1 Å². The molecular formula is C43H75NO5. The summed E-state index contributed by atoms with van der Waals surface area (Å²) in [6.45, 7) is 4.10. The number of rotatable bonds is 36. The second-order valence-electron chi connectivity index (χ2n) is 13.5. The van der Waals surface area contributed by atoms with Gasteiger partial charge >= 0.3 is 11.9 Å². The van der Waals surface area contributed by atoms with Gasteiger partial charge in [-0.3, -0.25) is 14.4 Å². The zero-order chi connectivity index (χ0) is 35.9. The summed E-state index contributed by atoms with van der Waals surface area (Å²) in [5, 5.41) is 11.1. The lowest BCUT2D eigenvalue weighted by Crippen LogP contribution is -2.28. The van der Waals surface area contributed by atoms with Crippen molar-refractivity contribution < 1.29 is 24.2 Å². The lowest BCUT2D eigenvalue weighted by Gasteiger charge is -2.18. The van der Waals surface area contributed by atoms with Crippen LogP contribution in [0.15, 0.2) is 48.6 Å². The summed E-state index contributed by atoms with van der Waals surface area (Å²) in [5.74, 6) is -1.25. The van der Waals surface area contributed by atoms with Gasteiger partial charge in [-0.25, -0.2) is 0 Å². The average Bonchev–Trinajstić information content (AvgIpc) is 3.08. The minimum absolute atomic E-state index is 0.0153. The molecule has 0 aromatic heterocycles. The van der Waals surface area contributed by atoms with Gasteiger partial charge in [0.15, 0.2) is 0 Å². The Morgan fingerprint density at radius 1 is 0.551 bits per heavy atom. The lowest BCUT2D eigenvalue weighted by atomic mass is 10.0. The van der Waals surface area contributed by atoms with Crippen molar-refractivity contribution >= 4 is 17.8 Å². The number of nitrogens with one attached hydrogen (secondary N) is 1. The van der Waals surface area contributed by atoms with Crippen LogP contribution in [0.1, 0.15) is 194 Å². The number of aliphatic carboxylic acids is 1. The number of ether oxygens (including phenoxy) is 1. The molecule has 1 atom stereocenters. The molecule has 0 aliphatic carbocycles. The molecule has 6 nitrogen and oxygen atoms in total. The van der Waals surface area contributed by atoms with Crippen LogP contribution in [0.5, 0.6) is 0 Å². The van der Waals surface area contributed by atoms with E-state index in [0.717, 1.165) is 109 Å². The number of allylic oxidation sites excluding steroid dienone is 8. The maximum absolute atomic E-state index is 12.7. The summed E-state index contributed by atoms with van der Waals surface area (Å²) in [7, 11) is 0. The third-order valence-corrected chi connectivity index (χ3v) is 8.77. The van der Waals surface area contributed by atoms with E-state index in [0.29, 0.717) is 12.8 Å². The number of esters is 1. The van der Waals surface area contributed by atoms with Gasteiger partial charge in [0.05, 0.1) is 0 Å². The van der Waals surface area contributed by atoms with Crippen LogP contribution >= 0.6 is 0 Å². The van der Waals surface area contributed by atoms with Gasteiger partial charge in [0.1, 0.15) is 12.6 Å². The zero-order valence-corrected chi connectivity index (χ0v) is 31.8. The highest BCUT2D eigenvalue weighted by molar-refractivity contribution is 5.80. The molecule has 0 radical (unpaired) electrons. The van der Waals surface area contributed by atoms with Crippen molar-refractivity contribution in [3.63, 3.8) is 0 Å². The highest BCUT2D eigenvalue weighted by Gasteiger charge is 2.14. The molecule has 0 aromatic carbocycles. The second kappa shape index (κ2) is 38.2. The molecule has 0 spiro atoms. The monoisotopic (exact) mass is 686 g/mol. The molecule has 0 rings (SSSR count). The Hall–Kier alpha value is -2.63. The van der Waals surface area contributed by atoms with Gasteiger partial charge < -0.3 is 15.2 Å². The van der Waals surface area contributed by atoms with Crippen LogP contribution in [0, 0.1) is 0 Å². The van der Waals surface area contributed by atoms with E-state index < -0.39 is 5.97 Å². The Morgan fingerprint density at radius 3 is 1.53 bits per heavy atom. The highest BCUT2D eigenvalue weighted by Crippen LogP contribution is 2.19. The Morgan fingerprint density at radius 2 is 1.00 bits per heavy atom. The summed E-state index contributed by atoms with van der Waals surface area (Å²) in [4.78, 5) is 34.9. The maximum atomic E-state index is 12.7. The standard InChI is InChI=1S/C43H75NO5/c1-3-5-7-9-11-13-15-16-17-18-19-20-21-23-25-30-34-38-43(48)49-40(35-31-27-24-22-14-12-10-8-6-4-2)36-32-28-26-29-33-37-41(45)44-39-42(46)47/h5,7,11,13,16-17,19-20,40H,3-4,6,8-10,12,14-15,18,21-39H2,1-2H3,(H,44,45)(H,46,47)/b7-5-,13-11-,17-16-,20-19-. The number of carbonyl (C=O) groups is 3. The van der Waals surface area contributed by atoms with E-state index >= 15 is 0 Å². The number of hydrogen-bond acceptors (Lipinski definition) is 4. The summed E-state index contributed by atoms with van der Waals surface area (Å²) in [6, 6.07) is 0. The predicted molar refractivity (Wildman–Crippen MR) is 208 cm³/mol. The molecular weight excluding hydrogens is 610 g/mol. The van der Waals surface area contributed by atoms with Crippen molar-refractivity contribution in [2.75, 3.05) is 6.54 Å². The van der Waals surface area contributed by atoms with Crippen LogP contribution in [0.2, 0.25) is 0 Å². The third-order valence-electron chi connectivity index (χ3n) is 8.77. The fraction of sp³-hybridized carbons (Fsp3) is 0.744. The quantitative estimate of drug-likeness (QED) is 0.0389. The number of carbonyl (C=O) groups excluding carboxylic acids is 2. The van der Waals surface area contributed by atoms with Crippen molar-refractivity contribution in [3.05, 3.63) is 48.6 Å². The lowest BCUT2D eigenvalue weighted by molar-refractivity contribution is -0.150. The molecule has 0 bridgehead atoms. The third kappa shape index (κ3) is 38.0. The van der Waals surface area contributed by atoms with E-state index in [4.69, 9.17) is 9.84 Å². The molecule has 1 amide bonds. The van der Waals surface area contributed by atoms with Gasteiger partial charge in [0, 0.05) is 12.8 Å². The minimum atomic E-state index is -1.02. The number of carboxylic acid groups (broad SMARTS) is 1. The fourth-order valence-electron chi connectivity index (χ4n) is 5.80. The number of carboxylic acids is 1. The van der Waals surface area contributed by atoms with Gasteiger partial charge in [-0.2, -0.15) is 0 Å². The number of unbranched alkanes of at least 4 members (excludes halogenated alkanes) is 17. The number of amides is 1. The zero-order valence-electron chi connectivity index (χ0n) is 31.8. The minimum Gasteiger partial charge on any atom is -0.480 e. The predicted octanol–water partition coefficient (Wildman–Crippen LogP) is 12.3.